The number of benzene rings is 1. The Hall–Kier alpha value is -2.75. The van der Waals surface area contributed by atoms with Gasteiger partial charge < -0.3 is 0 Å². The van der Waals surface area contributed by atoms with Gasteiger partial charge in [-0.15, -0.1) is 0 Å². The summed E-state index contributed by atoms with van der Waals surface area (Å²) in [4.78, 5) is 8.71. The zero-order valence-corrected chi connectivity index (χ0v) is 11.0. The fraction of sp³-hybridized carbons (Fsp3) is 0.0625. The number of aryl methyl sites for hydroxylation is 1. The molecule has 0 bridgehead atoms. The lowest BCUT2D eigenvalue weighted by atomic mass is 10.1. The van der Waals surface area contributed by atoms with Gasteiger partial charge in [0.2, 0.25) is 0 Å². The summed E-state index contributed by atoms with van der Waals surface area (Å²) < 4.78 is 1.95. The number of aromatic nitrogens is 4. The van der Waals surface area contributed by atoms with Crippen LogP contribution in [-0.2, 0) is 0 Å². The molecule has 96 valence electrons. The first kappa shape index (κ1) is 11.1. The number of rotatable bonds is 1. The van der Waals surface area contributed by atoms with E-state index >= 15 is 0 Å². The summed E-state index contributed by atoms with van der Waals surface area (Å²) in [5.41, 5.74) is 4.07. The van der Waals surface area contributed by atoms with Crippen LogP contribution in [0.1, 0.15) is 5.69 Å². The van der Waals surface area contributed by atoms with Crippen molar-refractivity contribution in [2.45, 2.75) is 6.92 Å². The molecule has 0 N–H and O–H groups in total. The average molecular weight is 260 g/mol. The maximum atomic E-state index is 4.57. The van der Waals surface area contributed by atoms with Gasteiger partial charge in [0.25, 0.3) is 0 Å². The lowest BCUT2D eigenvalue weighted by molar-refractivity contribution is 0.913. The summed E-state index contributed by atoms with van der Waals surface area (Å²) in [6.45, 7) is 2.00. The smallest absolute Gasteiger partial charge is 0.0772 e. The predicted octanol–water partition coefficient (Wildman–Crippen LogP) is 3.28. The first-order valence-electron chi connectivity index (χ1n) is 6.47. The summed E-state index contributed by atoms with van der Waals surface area (Å²) >= 11 is 0. The Kier molecular flexibility index (Phi) is 2.29. The van der Waals surface area contributed by atoms with Crippen LogP contribution in [0.15, 0.2) is 55.0 Å². The lowest BCUT2D eigenvalue weighted by Crippen LogP contribution is -1.99. The van der Waals surface area contributed by atoms with Gasteiger partial charge in [-0.1, -0.05) is 18.2 Å². The Morgan fingerprint density at radius 2 is 1.95 bits per heavy atom. The number of nitrogens with zero attached hydrogens (tertiary/aromatic N) is 4. The highest BCUT2D eigenvalue weighted by Crippen LogP contribution is 2.24. The monoisotopic (exact) mass is 260 g/mol. The van der Waals surface area contributed by atoms with E-state index in [1.165, 1.54) is 0 Å². The molecule has 4 heteroatoms. The number of hydrogen-bond donors (Lipinski definition) is 0. The Morgan fingerprint density at radius 1 is 1.05 bits per heavy atom. The van der Waals surface area contributed by atoms with Crippen LogP contribution in [0.4, 0.5) is 0 Å². The molecular formula is C16H12N4. The highest BCUT2D eigenvalue weighted by Gasteiger charge is 2.09. The molecule has 0 saturated carbocycles. The van der Waals surface area contributed by atoms with Crippen molar-refractivity contribution in [2.75, 3.05) is 0 Å². The van der Waals surface area contributed by atoms with Crippen LogP contribution in [-0.4, -0.2) is 19.7 Å². The van der Waals surface area contributed by atoms with Gasteiger partial charge in [0.1, 0.15) is 0 Å². The second-order valence-electron chi connectivity index (χ2n) is 4.79. The maximum Gasteiger partial charge on any atom is 0.0772 e. The maximum absolute atomic E-state index is 4.57. The fourth-order valence-electron chi connectivity index (χ4n) is 2.53. The standard InChI is InChI=1S/C16H12N4/c1-11-8-16(13-4-2-3-5-14(13)19-11)20-15-6-7-17-9-12(15)10-18-20/h2-10H,1H3. The number of para-hydroxylation sites is 1. The molecule has 0 amide bonds. The first-order chi connectivity index (χ1) is 9.83. The zero-order chi connectivity index (χ0) is 13.5. The SMILES string of the molecule is Cc1cc(-n2ncc3cnccc32)c2ccccc2n1. The van der Waals surface area contributed by atoms with Crippen molar-refractivity contribution < 1.29 is 0 Å². The van der Waals surface area contributed by atoms with Gasteiger partial charge in [0, 0.05) is 28.9 Å². The molecule has 0 aliphatic rings. The molecule has 4 rings (SSSR count). The Bertz CT molecular complexity index is 924. The van der Waals surface area contributed by atoms with Gasteiger partial charge in [0.05, 0.1) is 22.9 Å². The molecule has 4 nitrogen and oxygen atoms in total. The van der Waals surface area contributed by atoms with E-state index in [2.05, 4.69) is 27.2 Å². The third kappa shape index (κ3) is 1.58. The van der Waals surface area contributed by atoms with Gasteiger partial charge in [-0.25, -0.2) is 4.68 Å². The van der Waals surface area contributed by atoms with Crippen molar-refractivity contribution in [3.63, 3.8) is 0 Å². The molecule has 0 radical (unpaired) electrons. The van der Waals surface area contributed by atoms with E-state index in [9.17, 15) is 0 Å². The van der Waals surface area contributed by atoms with Crippen molar-refractivity contribution >= 4 is 21.8 Å². The predicted molar refractivity (Wildman–Crippen MR) is 78.9 cm³/mol. The fourth-order valence-corrected chi connectivity index (χ4v) is 2.53. The number of fused-ring (bicyclic) bond motifs is 2. The minimum Gasteiger partial charge on any atom is -0.264 e. The lowest BCUT2D eigenvalue weighted by Gasteiger charge is -2.09. The largest absolute Gasteiger partial charge is 0.264 e. The molecule has 0 unspecified atom stereocenters. The molecule has 4 aromatic rings. The molecule has 0 atom stereocenters. The van der Waals surface area contributed by atoms with Crippen LogP contribution in [0, 0.1) is 6.92 Å². The van der Waals surface area contributed by atoms with Crippen molar-refractivity contribution in [2.24, 2.45) is 0 Å². The molecule has 3 aromatic heterocycles. The third-order valence-corrected chi connectivity index (χ3v) is 3.42. The molecule has 0 aliphatic heterocycles. The van der Waals surface area contributed by atoms with Gasteiger partial charge >= 0.3 is 0 Å². The van der Waals surface area contributed by atoms with Crippen molar-refractivity contribution in [1.29, 1.82) is 0 Å². The summed E-state index contributed by atoms with van der Waals surface area (Å²) in [7, 11) is 0. The summed E-state index contributed by atoms with van der Waals surface area (Å²) in [5, 5.41) is 6.64. The Labute approximate surface area is 115 Å². The van der Waals surface area contributed by atoms with Crippen LogP contribution in [0.25, 0.3) is 27.5 Å². The van der Waals surface area contributed by atoms with E-state index in [4.69, 9.17) is 0 Å². The molecule has 0 fully saturated rings. The second kappa shape index (κ2) is 4.13. The number of pyridine rings is 2. The molecule has 0 aliphatic carbocycles. The second-order valence-corrected chi connectivity index (χ2v) is 4.79. The third-order valence-electron chi connectivity index (χ3n) is 3.42. The number of hydrogen-bond acceptors (Lipinski definition) is 3. The van der Waals surface area contributed by atoms with Gasteiger partial charge in [-0.3, -0.25) is 9.97 Å². The Balaban J connectivity index is 2.12. The summed E-state index contributed by atoms with van der Waals surface area (Å²) in [6.07, 6.45) is 5.46. The van der Waals surface area contributed by atoms with Crippen molar-refractivity contribution in [3.8, 4) is 5.69 Å². The molecular weight excluding hydrogens is 248 g/mol. The Morgan fingerprint density at radius 3 is 2.90 bits per heavy atom. The van der Waals surface area contributed by atoms with E-state index in [1.807, 2.05) is 48.3 Å². The van der Waals surface area contributed by atoms with E-state index in [0.717, 1.165) is 33.2 Å². The van der Waals surface area contributed by atoms with E-state index in [-0.39, 0.29) is 0 Å². The minimum atomic E-state index is 0.983. The highest BCUT2D eigenvalue weighted by molar-refractivity contribution is 5.90. The zero-order valence-electron chi connectivity index (χ0n) is 11.0. The molecule has 3 heterocycles. The average Bonchev–Trinajstić information content (AvgIpc) is 2.90. The topological polar surface area (TPSA) is 43.6 Å². The molecule has 0 saturated heterocycles. The first-order valence-corrected chi connectivity index (χ1v) is 6.47. The summed E-state index contributed by atoms with van der Waals surface area (Å²) in [5.74, 6) is 0. The molecule has 1 aromatic carbocycles. The van der Waals surface area contributed by atoms with E-state index < -0.39 is 0 Å². The molecule has 20 heavy (non-hydrogen) atoms. The van der Waals surface area contributed by atoms with Crippen LogP contribution >= 0.6 is 0 Å². The van der Waals surface area contributed by atoms with Crippen molar-refractivity contribution in [1.82, 2.24) is 19.7 Å². The van der Waals surface area contributed by atoms with Gasteiger partial charge in [-0.05, 0) is 25.1 Å². The molecule has 0 spiro atoms. The van der Waals surface area contributed by atoms with Crippen LogP contribution in [0.2, 0.25) is 0 Å². The van der Waals surface area contributed by atoms with Crippen molar-refractivity contribution in [3.05, 3.63) is 60.7 Å². The van der Waals surface area contributed by atoms with Gasteiger partial charge in [-0.2, -0.15) is 5.10 Å². The minimum absolute atomic E-state index is 0.983. The van der Waals surface area contributed by atoms with E-state index in [0.29, 0.717) is 0 Å². The van der Waals surface area contributed by atoms with Gasteiger partial charge in [0.15, 0.2) is 0 Å². The normalized spacial score (nSPS) is 11.2. The van der Waals surface area contributed by atoms with Crippen LogP contribution in [0.3, 0.4) is 0 Å². The quantitative estimate of drug-likeness (QED) is 0.527. The van der Waals surface area contributed by atoms with Crippen LogP contribution < -0.4 is 0 Å². The highest BCUT2D eigenvalue weighted by atomic mass is 15.3. The van der Waals surface area contributed by atoms with E-state index in [1.54, 1.807) is 6.20 Å². The van der Waals surface area contributed by atoms with Crippen LogP contribution in [0.5, 0.6) is 0 Å². The summed E-state index contributed by atoms with van der Waals surface area (Å²) in [6, 6.07) is 12.2.